The Morgan fingerprint density at radius 3 is 2.62 bits per heavy atom. The predicted molar refractivity (Wildman–Crippen MR) is 79.0 cm³/mol. The summed E-state index contributed by atoms with van der Waals surface area (Å²) in [5.74, 6) is -0.350. The standard InChI is InChI=1S/C15H13F4N5/c1-8-5-13(24-14(22-8)20-7-21-24)23-9(2)10-3-4-11(12(16)6-10)15(17,18)19/h3-7,9,23H,1-2H3. The number of alkyl halides is 3. The molecule has 1 atom stereocenters. The van der Waals surface area contributed by atoms with Gasteiger partial charge in [0.05, 0.1) is 11.6 Å². The Labute approximate surface area is 134 Å². The fraction of sp³-hybridized carbons (Fsp3) is 0.267. The van der Waals surface area contributed by atoms with Gasteiger partial charge in [-0.3, -0.25) is 0 Å². The zero-order valence-corrected chi connectivity index (χ0v) is 12.8. The normalized spacial score (nSPS) is 13.2. The van der Waals surface area contributed by atoms with Crippen molar-refractivity contribution in [1.29, 1.82) is 0 Å². The van der Waals surface area contributed by atoms with Crippen molar-refractivity contribution in [2.45, 2.75) is 26.1 Å². The highest BCUT2D eigenvalue weighted by Crippen LogP contribution is 2.32. The number of nitrogens with one attached hydrogen (secondary N) is 1. The summed E-state index contributed by atoms with van der Waals surface area (Å²) in [5.41, 5.74) is -0.205. The largest absolute Gasteiger partial charge is 0.419 e. The maximum Gasteiger partial charge on any atom is 0.419 e. The van der Waals surface area contributed by atoms with E-state index in [1.807, 2.05) is 0 Å². The number of benzene rings is 1. The van der Waals surface area contributed by atoms with Crippen molar-refractivity contribution in [3.05, 3.63) is 53.2 Å². The van der Waals surface area contributed by atoms with E-state index in [-0.39, 0.29) is 0 Å². The fourth-order valence-electron chi connectivity index (χ4n) is 2.37. The molecule has 0 aliphatic carbocycles. The van der Waals surface area contributed by atoms with Gasteiger partial charge in [0.25, 0.3) is 5.78 Å². The van der Waals surface area contributed by atoms with Crippen LogP contribution in [0, 0.1) is 12.7 Å². The first kappa shape index (κ1) is 16.2. The number of hydrogen-bond donors (Lipinski definition) is 1. The lowest BCUT2D eigenvalue weighted by molar-refractivity contribution is -0.140. The second-order valence-electron chi connectivity index (χ2n) is 5.36. The van der Waals surface area contributed by atoms with Gasteiger partial charge in [0, 0.05) is 11.8 Å². The lowest BCUT2D eigenvalue weighted by Crippen LogP contribution is -2.13. The molecule has 3 rings (SSSR count). The second-order valence-corrected chi connectivity index (χ2v) is 5.36. The Hall–Kier alpha value is -2.71. The summed E-state index contributed by atoms with van der Waals surface area (Å²) < 4.78 is 53.1. The first-order valence-corrected chi connectivity index (χ1v) is 7.06. The predicted octanol–water partition coefficient (Wildman–Crippen LogP) is 3.76. The second kappa shape index (κ2) is 5.73. The Kier molecular flexibility index (Phi) is 3.86. The van der Waals surface area contributed by atoms with Crippen molar-refractivity contribution in [1.82, 2.24) is 19.6 Å². The molecule has 2 aromatic heterocycles. The molecule has 0 fully saturated rings. The molecule has 3 aromatic rings. The molecule has 0 amide bonds. The van der Waals surface area contributed by atoms with Gasteiger partial charge in [-0.1, -0.05) is 6.07 Å². The van der Waals surface area contributed by atoms with Crippen LogP contribution in [0.4, 0.5) is 23.4 Å². The summed E-state index contributed by atoms with van der Waals surface area (Å²) in [6.07, 6.45) is -3.37. The first-order chi connectivity index (χ1) is 11.3. The lowest BCUT2D eigenvalue weighted by atomic mass is 10.1. The number of aryl methyl sites for hydroxylation is 1. The molecule has 0 spiro atoms. The van der Waals surface area contributed by atoms with E-state index < -0.39 is 23.6 Å². The maximum atomic E-state index is 13.7. The van der Waals surface area contributed by atoms with Crippen LogP contribution in [0.1, 0.15) is 29.8 Å². The van der Waals surface area contributed by atoms with Crippen LogP contribution in [-0.2, 0) is 6.18 Å². The zero-order chi connectivity index (χ0) is 17.5. The monoisotopic (exact) mass is 339 g/mol. The smallest absolute Gasteiger partial charge is 0.363 e. The number of hydrogen-bond acceptors (Lipinski definition) is 4. The summed E-state index contributed by atoms with van der Waals surface area (Å²) in [6.45, 7) is 3.49. The lowest BCUT2D eigenvalue weighted by Gasteiger charge is -2.17. The Morgan fingerprint density at radius 1 is 1.21 bits per heavy atom. The van der Waals surface area contributed by atoms with Crippen LogP contribution >= 0.6 is 0 Å². The summed E-state index contributed by atoms with van der Waals surface area (Å²) in [4.78, 5) is 8.18. The average Bonchev–Trinajstić information content (AvgIpc) is 2.94. The summed E-state index contributed by atoms with van der Waals surface area (Å²) >= 11 is 0. The average molecular weight is 339 g/mol. The number of fused-ring (bicyclic) bond motifs is 1. The molecule has 1 unspecified atom stereocenters. The number of halogens is 4. The topological polar surface area (TPSA) is 55.1 Å². The molecule has 0 radical (unpaired) electrons. The molecule has 1 N–H and O–H groups in total. The summed E-state index contributed by atoms with van der Waals surface area (Å²) in [5, 5.41) is 7.11. The van der Waals surface area contributed by atoms with Gasteiger partial charge in [0.2, 0.25) is 0 Å². The van der Waals surface area contributed by atoms with E-state index in [2.05, 4.69) is 20.4 Å². The molecule has 0 bridgehead atoms. The van der Waals surface area contributed by atoms with E-state index in [9.17, 15) is 17.6 Å². The van der Waals surface area contributed by atoms with Crippen molar-refractivity contribution in [2.75, 3.05) is 5.32 Å². The minimum absolute atomic E-state index is 0.378. The number of anilines is 1. The van der Waals surface area contributed by atoms with Crippen molar-refractivity contribution < 1.29 is 17.6 Å². The van der Waals surface area contributed by atoms with Crippen LogP contribution in [0.3, 0.4) is 0 Å². The van der Waals surface area contributed by atoms with E-state index in [0.717, 1.165) is 12.1 Å². The molecule has 0 saturated carbocycles. The number of rotatable bonds is 3. The van der Waals surface area contributed by atoms with Gasteiger partial charge in [-0.25, -0.2) is 9.37 Å². The van der Waals surface area contributed by atoms with Gasteiger partial charge in [0.1, 0.15) is 18.0 Å². The molecule has 2 heterocycles. The van der Waals surface area contributed by atoms with Crippen molar-refractivity contribution >= 4 is 11.6 Å². The highest BCUT2D eigenvalue weighted by Gasteiger charge is 2.34. The van der Waals surface area contributed by atoms with E-state index >= 15 is 0 Å². The van der Waals surface area contributed by atoms with Gasteiger partial charge >= 0.3 is 6.18 Å². The molecule has 5 nitrogen and oxygen atoms in total. The minimum atomic E-state index is -4.71. The van der Waals surface area contributed by atoms with Crippen LogP contribution in [0.15, 0.2) is 30.6 Å². The van der Waals surface area contributed by atoms with Crippen LogP contribution in [0.25, 0.3) is 5.78 Å². The maximum absolute atomic E-state index is 13.7. The zero-order valence-electron chi connectivity index (χ0n) is 12.8. The Morgan fingerprint density at radius 2 is 1.96 bits per heavy atom. The fourth-order valence-corrected chi connectivity index (χ4v) is 2.37. The highest BCUT2D eigenvalue weighted by molar-refractivity contribution is 5.46. The summed E-state index contributed by atoms with van der Waals surface area (Å²) in [6, 6.07) is 4.14. The minimum Gasteiger partial charge on any atom is -0.363 e. The third-order valence-electron chi connectivity index (χ3n) is 3.54. The molecule has 0 aliphatic heterocycles. The quantitative estimate of drug-likeness (QED) is 0.738. The molecule has 1 aromatic carbocycles. The van der Waals surface area contributed by atoms with E-state index in [0.29, 0.717) is 22.9 Å². The first-order valence-electron chi connectivity index (χ1n) is 7.06. The van der Waals surface area contributed by atoms with Gasteiger partial charge < -0.3 is 5.32 Å². The van der Waals surface area contributed by atoms with Crippen LogP contribution < -0.4 is 5.32 Å². The highest BCUT2D eigenvalue weighted by atomic mass is 19.4. The SMILES string of the molecule is Cc1cc(NC(C)c2ccc(C(F)(F)F)c(F)c2)n2ncnc2n1. The van der Waals surface area contributed by atoms with Crippen molar-refractivity contribution in [3.63, 3.8) is 0 Å². The van der Waals surface area contributed by atoms with Crippen LogP contribution in [-0.4, -0.2) is 19.6 Å². The van der Waals surface area contributed by atoms with Crippen LogP contribution in [0.2, 0.25) is 0 Å². The molecule has 126 valence electrons. The molecule has 0 aliphatic rings. The molecule has 24 heavy (non-hydrogen) atoms. The third kappa shape index (κ3) is 3.01. The molecule has 0 saturated heterocycles. The van der Waals surface area contributed by atoms with E-state index in [1.165, 1.54) is 16.9 Å². The van der Waals surface area contributed by atoms with E-state index in [1.54, 1.807) is 19.9 Å². The van der Waals surface area contributed by atoms with E-state index in [4.69, 9.17) is 0 Å². The summed E-state index contributed by atoms with van der Waals surface area (Å²) in [7, 11) is 0. The van der Waals surface area contributed by atoms with Gasteiger partial charge in [-0.05, 0) is 31.5 Å². The Balaban J connectivity index is 1.91. The van der Waals surface area contributed by atoms with Gasteiger partial charge in [0.15, 0.2) is 0 Å². The third-order valence-corrected chi connectivity index (χ3v) is 3.54. The molecular formula is C15H13F4N5. The molecular weight excluding hydrogens is 326 g/mol. The van der Waals surface area contributed by atoms with Crippen LogP contribution in [0.5, 0.6) is 0 Å². The molecule has 9 heteroatoms. The van der Waals surface area contributed by atoms with Gasteiger partial charge in [-0.2, -0.15) is 27.8 Å². The number of aromatic nitrogens is 4. The van der Waals surface area contributed by atoms with Gasteiger partial charge in [-0.15, -0.1) is 0 Å². The Bertz CT molecular complexity index is 887. The number of nitrogens with zero attached hydrogens (tertiary/aromatic N) is 4. The van der Waals surface area contributed by atoms with Crippen molar-refractivity contribution in [3.8, 4) is 0 Å². The van der Waals surface area contributed by atoms with Crippen molar-refractivity contribution in [2.24, 2.45) is 0 Å².